The van der Waals surface area contributed by atoms with Crippen molar-refractivity contribution in [2.24, 2.45) is 11.7 Å². The van der Waals surface area contributed by atoms with Gasteiger partial charge in [-0.2, -0.15) is 0 Å². The van der Waals surface area contributed by atoms with Crippen molar-refractivity contribution in [2.45, 2.75) is 19.5 Å². The van der Waals surface area contributed by atoms with Crippen LogP contribution in [0.15, 0.2) is 0 Å². The molecule has 0 amide bonds. The molecule has 0 fully saturated rings. The van der Waals surface area contributed by atoms with Gasteiger partial charge < -0.3 is 19.9 Å². The molecule has 86 valence electrons. The summed E-state index contributed by atoms with van der Waals surface area (Å²) in [5.74, 6) is 0.568. The van der Waals surface area contributed by atoms with Crippen molar-refractivity contribution in [3.05, 3.63) is 0 Å². The van der Waals surface area contributed by atoms with E-state index in [0.29, 0.717) is 12.5 Å². The quantitative estimate of drug-likeness (QED) is 0.463. The number of hydrogen-bond donors (Lipinski definition) is 2. The van der Waals surface area contributed by atoms with Crippen LogP contribution in [-0.4, -0.2) is 42.4 Å². The van der Waals surface area contributed by atoms with Crippen LogP contribution in [0, 0.1) is 5.92 Å². The Morgan fingerprint density at radius 2 is 1.93 bits per heavy atom. The second kappa shape index (κ2) is 7.36. The molecule has 0 saturated heterocycles. The fourth-order valence-electron chi connectivity index (χ4n) is 1.41. The van der Waals surface area contributed by atoms with E-state index >= 15 is 0 Å². The van der Waals surface area contributed by atoms with Gasteiger partial charge in [0.25, 0.3) is 0 Å². The van der Waals surface area contributed by atoms with E-state index in [1.54, 1.807) is 14.2 Å². The van der Waals surface area contributed by atoms with E-state index in [1.807, 2.05) is 0 Å². The first-order valence-electron chi connectivity index (χ1n) is 5.09. The van der Waals surface area contributed by atoms with Gasteiger partial charge in [0, 0.05) is 27.3 Å². The smallest absolute Gasteiger partial charge is 0.334 e. The monoisotopic (exact) mass is 220 g/mol. The summed E-state index contributed by atoms with van der Waals surface area (Å²) in [4.78, 5) is 0. The average Bonchev–Trinajstić information content (AvgIpc) is 2.18. The predicted molar refractivity (Wildman–Crippen MR) is 61.5 cm³/mol. The summed E-state index contributed by atoms with van der Waals surface area (Å²) in [5.41, 5.74) is 5.39. The fourth-order valence-corrected chi connectivity index (χ4v) is 3.32. The summed E-state index contributed by atoms with van der Waals surface area (Å²) in [6, 6.07) is 1.01. The Morgan fingerprint density at radius 1 is 1.36 bits per heavy atom. The molecular formula is C9H24N2O2Si. The van der Waals surface area contributed by atoms with Gasteiger partial charge in [-0.1, -0.05) is 6.92 Å². The van der Waals surface area contributed by atoms with Gasteiger partial charge in [0.1, 0.15) is 0 Å². The average molecular weight is 220 g/mol. The molecule has 0 aliphatic heterocycles. The zero-order chi connectivity index (χ0) is 11.0. The van der Waals surface area contributed by atoms with Crippen LogP contribution in [0.25, 0.3) is 0 Å². The Kier molecular flexibility index (Phi) is 7.39. The standard InChI is InChI=1S/C9H24N2O2Si/c1-9(7-11-6-5-10)8-14(4,12-2)13-3/h9,11H,5-8,10H2,1-4H3/t9-/m1/s1. The maximum atomic E-state index is 5.43. The van der Waals surface area contributed by atoms with E-state index in [1.165, 1.54) is 0 Å². The van der Waals surface area contributed by atoms with Gasteiger partial charge in [0.05, 0.1) is 0 Å². The first-order chi connectivity index (χ1) is 6.58. The molecule has 0 spiro atoms. The molecule has 0 radical (unpaired) electrons. The van der Waals surface area contributed by atoms with E-state index < -0.39 is 8.56 Å². The highest BCUT2D eigenvalue weighted by molar-refractivity contribution is 6.65. The lowest BCUT2D eigenvalue weighted by Gasteiger charge is -2.26. The van der Waals surface area contributed by atoms with E-state index in [0.717, 1.165) is 19.1 Å². The van der Waals surface area contributed by atoms with Gasteiger partial charge in [-0.15, -0.1) is 0 Å². The minimum atomic E-state index is -1.89. The zero-order valence-corrected chi connectivity index (χ0v) is 10.8. The minimum absolute atomic E-state index is 0.568. The third-order valence-electron chi connectivity index (χ3n) is 2.40. The normalized spacial score (nSPS) is 14.4. The van der Waals surface area contributed by atoms with Crippen LogP contribution < -0.4 is 11.1 Å². The number of nitrogens with one attached hydrogen (secondary N) is 1. The maximum absolute atomic E-state index is 5.43. The minimum Gasteiger partial charge on any atom is -0.398 e. The molecule has 0 aromatic carbocycles. The number of rotatable bonds is 8. The summed E-state index contributed by atoms with van der Waals surface area (Å²) in [7, 11) is 1.57. The van der Waals surface area contributed by atoms with Crippen molar-refractivity contribution in [2.75, 3.05) is 33.9 Å². The SMILES string of the molecule is CO[Si](C)(C[C@H](C)CNCCN)OC. The van der Waals surface area contributed by atoms with E-state index in [-0.39, 0.29) is 0 Å². The largest absolute Gasteiger partial charge is 0.398 e. The van der Waals surface area contributed by atoms with Crippen molar-refractivity contribution in [1.29, 1.82) is 0 Å². The molecule has 0 rings (SSSR count). The maximum Gasteiger partial charge on any atom is 0.334 e. The van der Waals surface area contributed by atoms with Gasteiger partial charge in [0.2, 0.25) is 0 Å². The molecule has 0 bridgehead atoms. The zero-order valence-electron chi connectivity index (χ0n) is 9.80. The van der Waals surface area contributed by atoms with Crippen LogP contribution in [-0.2, 0) is 8.85 Å². The topological polar surface area (TPSA) is 56.5 Å². The Morgan fingerprint density at radius 3 is 2.36 bits per heavy atom. The van der Waals surface area contributed by atoms with Crippen LogP contribution in [0.5, 0.6) is 0 Å². The molecule has 14 heavy (non-hydrogen) atoms. The molecular weight excluding hydrogens is 196 g/mol. The molecule has 0 aromatic rings. The predicted octanol–water partition coefficient (Wildman–Crippen LogP) is 0.536. The van der Waals surface area contributed by atoms with Gasteiger partial charge in [0.15, 0.2) is 0 Å². The van der Waals surface area contributed by atoms with Crippen molar-refractivity contribution in [3.8, 4) is 0 Å². The third-order valence-corrected chi connectivity index (χ3v) is 5.56. The summed E-state index contributed by atoms with van der Waals surface area (Å²) in [6.07, 6.45) is 0. The fraction of sp³-hybridized carbons (Fsp3) is 1.00. The molecule has 0 aromatic heterocycles. The molecule has 0 saturated carbocycles. The Bertz CT molecular complexity index is 143. The molecule has 0 aliphatic rings. The lowest BCUT2D eigenvalue weighted by atomic mass is 10.2. The van der Waals surface area contributed by atoms with Crippen molar-refractivity contribution < 1.29 is 8.85 Å². The Hall–Kier alpha value is 0.0569. The second-order valence-electron chi connectivity index (χ2n) is 3.84. The van der Waals surface area contributed by atoms with Gasteiger partial charge >= 0.3 is 8.56 Å². The Labute approximate surface area is 88.4 Å². The molecule has 4 nitrogen and oxygen atoms in total. The Balaban J connectivity index is 3.73. The van der Waals surface area contributed by atoms with Crippen LogP contribution in [0.4, 0.5) is 0 Å². The van der Waals surface area contributed by atoms with E-state index in [9.17, 15) is 0 Å². The van der Waals surface area contributed by atoms with Gasteiger partial charge in [-0.25, -0.2) is 0 Å². The van der Waals surface area contributed by atoms with E-state index in [4.69, 9.17) is 14.6 Å². The van der Waals surface area contributed by atoms with Crippen LogP contribution in [0.2, 0.25) is 12.6 Å². The summed E-state index contributed by atoms with van der Waals surface area (Å²) in [5, 5.41) is 3.29. The molecule has 5 heteroatoms. The van der Waals surface area contributed by atoms with Crippen LogP contribution in [0.3, 0.4) is 0 Å². The summed E-state index contributed by atoms with van der Waals surface area (Å²) < 4.78 is 10.9. The molecule has 3 N–H and O–H groups in total. The second-order valence-corrected chi connectivity index (χ2v) is 7.34. The van der Waals surface area contributed by atoms with Crippen LogP contribution in [0.1, 0.15) is 6.92 Å². The van der Waals surface area contributed by atoms with Crippen molar-refractivity contribution in [1.82, 2.24) is 5.32 Å². The summed E-state index contributed by atoms with van der Waals surface area (Å²) >= 11 is 0. The molecule has 0 unspecified atom stereocenters. The van der Waals surface area contributed by atoms with Crippen molar-refractivity contribution >= 4 is 8.56 Å². The third kappa shape index (κ3) is 5.72. The lowest BCUT2D eigenvalue weighted by molar-refractivity contribution is 0.242. The highest BCUT2D eigenvalue weighted by atomic mass is 28.4. The van der Waals surface area contributed by atoms with Gasteiger partial charge in [-0.05, 0) is 25.1 Å². The molecule has 0 aliphatic carbocycles. The first-order valence-corrected chi connectivity index (χ1v) is 7.61. The van der Waals surface area contributed by atoms with Crippen LogP contribution >= 0.6 is 0 Å². The lowest BCUT2D eigenvalue weighted by Crippen LogP contribution is -2.40. The van der Waals surface area contributed by atoms with Crippen molar-refractivity contribution in [3.63, 3.8) is 0 Å². The molecule has 0 heterocycles. The van der Waals surface area contributed by atoms with E-state index in [2.05, 4.69) is 18.8 Å². The van der Waals surface area contributed by atoms with Gasteiger partial charge in [-0.3, -0.25) is 0 Å². The highest BCUT2D eigenvalue weighted by Gasteiger charge is 2.30. The number of nitrogens with two attached hydrogens (primary N) is 1. The molecule has 1 atom stereocenters. The summed E-state index contributed by atoms with van der Waals surface area (Å²) in [6.45, 7) is 6.84. The number of hydrogen-bond acceptors (Lipinski definition) is 4. The first kappa shape index (κ1) is 14.1. The highest BCUT2D eigenvalue weighted by Crippen LogP contribution is 2.17.